The maximum absolute atomic E-state index is 12.5. The number of ether oxygens (including phenoxy) is 1. The van der Waals surface area contributed by atoms with Crippen molar-refractivity contribution in [3.8, 4) is 22.7 Å². The highest BCUT2D eigenvalue weighted by atomic mass is 16.5. The lowest BCUT2D eigenvalue weighted by Crippen LogP contribution is -2.31. The molecular weight excluding hydrogens is 392 g/mol. The number of rotatable bonds is 5. The van der Waals surface area contributed by atoms with Crippen LogP contribution in [0.5, 0.6) is 5.75 Å². The molecular formula is C24H26N4O3. The number of nitrogens with zero attached hydrogens (tertiary/aromatic N) is 3. The minimum absolute atomic E-state index is 0.0359. The van der Waals surface area contributed by atoms with Crippen LogP contribution in [0.3, 0.4) is 0 Å². The second kappa shape index (κ2) is 8.26. The zero-order valence-corrected chi connectivity index (χ0v) is 18.2. The molecule has 0 saturated carbocycles. The number of amides is 2. The van der Waals surface area contributed by atoms with E-state index in [0.29, 0.717) is 12.3 Å². The van der Waals surface area contributed by atoms with Crippen LogP contribution in [0.2, 0.25) is 0 Å². The summed E-state index contributed by atoms with van der Waals surface area (Å²) in [6.07, 6.45) is 1.79. The molecule has 0 saturated heterocycles. The lowest BCUT2D eigenvalue weighted by molar-refractivity contribution is -0.117. The number of aromatic nitrogens is 2. The van der Waals surface area contributed by atoms with Gasteiger partial charge in [-0.15, -0.1) is 0 Å². The van der Waals surface area contributed by atoms with Gasteiger partial charge in [0, 0.05) is 36.4 Å². The minimum atomic E-state index is -0.108. The normalized spacial score (nSPS) is 12.2. The fraction of sp³-hybridized carbons (Fsp3) is 0.292. The molecule has 0 atom stereocenters. The zero-order valence-electron chi connectivity index (χ0n) is 18.2. The molecule has 2 amide bonds. The van der Waals surface area contributed by atoms with Crippen LogP contribution in [0.4, 0.5) is 11.4 Å². The zero-order chi connectivity index (χ0) is 22.1. The summed E-state index contributed by atoms with van der Waals surface area (Å²) in [5, 5.41) is 7.77. The van der Waals surface area contributed by atoms with Gasteiger partial charge >= 0.3 is 0 Å². The van der Waals surface area contributed by atoms with Gasteiger partial charge in [-0.3, -0.25) is 9.59 Å². The van der Waals surface area contributed by atoms with Crippen LogP contribution in [-0.2, 0) is 22.6 Å². The highest BCUT2D eigenvalue weighted by Crippen LogP contribution is 2.45. The Labute approximate surface area is 181 Å². The third-order valence-corrected chi connectivity index (χ3v) is 5.45. The Kier molecular flexibility index (Phi) is 5.50. The number of carbonyl (C=O) groups is 2. The van der Waals surface area contributed by atoms with Crippen molar-refractivity contribution < 1.29 is 14.3 Å². The molecule has 0 fully saturated rings. The van der Waals surface area contributed by atoms with E-state index in [0.717, 1.165) is 52.4 Å². The van der Waals surface area contributed by atoms with E-state index in [1.165, 1.54) is 6.92 Å². The first-order chi connectivity index (χ1) is 14.9. The summed E-state index contributed by atoms with van der Waals surface area (Å²) in [6.45, 7) is 5.65. The molecule has 0 aliphatic carbocycles. The first-order valence-electron chi connectivity index (χ1n) is 10.4. The standard InChI is InChI=1S/C24H26N4O3/c1-5-7-21-20-14-27(16(3)30)24-19(8-6-9-22(24)31-4)23(20)26-28(21)18-12-10-17(11-13-18)25-15(2)29/h6,8-13H,5,7,14H2,1-4H3,(H,25,29). The second-order valence-electron chi connectivity index (χ2n) is 7.63. The number of methoxy groups -OCH3 is 1. The van der Waals surface area contributed by atoms with Crippen molar-refractivity contribution in [3.63, 3.8) is 0 Å². The van der Waals surface area contributed by atoms with Gasteiger partial charge in [-0.2, -0.15) is 5.10 Å². The van der Waals surface area contributed by atoms with Crippen LogP contribution in [0, 0.1) is 0 Å². The van der Waals surface area contributed by atoms with Gasteiger partial charge in [0.25, 0.3) is 0 Å². The van der Waals surface area contributed by atoms with Crippen LogP contribution in [0.25, 0.3) is 16.9 Å². The smallest absolute Gasteiger partial charge is 0.224 e. The molecule has 1 aromatic heterocycles. The SMILES string of the molecule is CCCc1c2c(nn1-c1ccc(NC(C)=O)cc1)-c1cccc(OC)c1N(C(C)=O)C2. The Morgan fingerprint density at radius 1 is 1.13 bits per heavy atom. The molecule has 0 unspecified atom stereocenters. The number of para-hydroxylation sites is 1. The topological polar surface area (TPSA) is 76.5 Å². The van der Waals surface area contributed by atoms with Gasteiger partial charge in [0.15, 0.2) is 0 Å². The molecule has 7 heteroatoms. The maximum atomic E-state index is 12.5. The molecule has 2 aromatic carbocycles. The number of anilines is 2. The fourth-order valence-electron chi connectivity index (χ4n) is 4.13. The number of carbonyl (C=O) groups excluding carboxylic acids is 2. The average molecular weight is 418 g/mol. The Hall–Kier alpha value is -3.61. The summed E-state index contributed by atoms with van der Waals surface area (Å²) in [5.74, 6) is 0.514. The van der Waals surface area contributed by atoms with Gasteiger partial charge in [0.1, 0.15) is 11.4 Å². The van der Waals surface area contributed by atoms with Crippen LogP contribution in [0.1, 0.15) is 38.4 Å². The summed E-state index contributed by atoms with van der Waals surface area (Å²) >= 11 is 0. The van der Waals surface area contributed by atoms with Crippen molar-refractivity contribution in [1.29, 1.82) is 0 Å². The van der Waals surface area contributed by atoms with E-state index >= 15 is 0 Å². The first kappa shape index (κ1) is 20.7. The van der Waals surface area contributed by atoms with Gasteiger partial charge in [-0.1, -0.05) is 25.5 Å². The largest absolute Gasteiger partial charge is 0.495 e. The maximum Gasteiger partial charge on any atom is 0.224 e. The average Bonchev–Trinajstić information content (AvgIpc) is 3.11. The second-order valence-corrected chi connectivity index (χ2v) is 7.63. The Balaban J connectivity index is 1.88. The van der Waals surface area contributed by atoms with Crippen molar-refractivity contribution in [1.82, 2.24) is 9.78 Å². The number of hydrogen-bond acceptors (Lipinski definition) is 4. The first-order valence-corrected chi connectivity index (χ1v) is 10.4. The lowest BCUT2D eigenvalue weighted by atomic mass is 9.96. The monoisotopic (exact) mass is 418 g/mol. The van der Waals surface area contributed by atoms with Crippen LogP contribution < -0.4 is 15.0 Å². The molecule has 0 spiro atoms. The van der Waals surface area contributed by atoms with E-state index in [-0.39, 0.29) is 11.8 Å². The van der Waals surface area contributed by atoms with E-state index in [1.807, 2.05) is 47.1 Å². The van der Waals surface area contributed by atoms with Crippen molar-refractivity contribution in [2.75, 3.05) is 17.3 Å². The summed E-state index contributed by atoms with van der Waals surface area (Å²) in [6, 6.07) is 13.4. The van der Waals surface area contributed by atoms with E-state index in [4.69, 9.17) is 9.84 Å². The summed E-state index contributed by atoms with van der Waals surface area (Å²) in [7, 11) is 1.61. The van der Waals surface area contributed by atoms with Gasteiger partial charge < -0.3 is 15.0 Å². The molecule has 2 heterocycles. The third kappa shape index (κ3) is 3.67. The highest BCUT2D eigenvalue weighted by Gasteiger charge is 2.32. The summed E-state index contributed by atoms with van der Waals surface area (Å²) < 4.78 is 7.52. The molecule has 0 radical (unpaired) electrons. The number of nitrogens with one attached hydrogen (secondary N) is 1. The van der Waals surface area contributed by atoms with E-state index in [2.05, 4.69) is 12.2 Å². The third-order valence-electron chi connectivity index (χ3n) is 5.45. The predicted molar refractivity (Wildman–Crippen MR) is 121 cm³/mol. The summed E-state index contributed by atoms with van der Waals surface area (Å²) in [5.41, 5.74) is 6.32. The molecule has 1 aliphatic heterocycles. The van der Waals surface area contributed by atoms with E-state index < -0.39 is 0 Å². The molecule has 1 N–H and O–H groups in total. The molecule has 7 nitrogen and oxygen atoms in total. The van der Waals surface area contributed by atoms with Crippen molar-refractivity contribution >= 4 is 23.2 Å². The molecule has 0 bridgehead atoms. The number of fused-ring (bicyclic) bond motifs is 3. The molecule has 3 aromatic rings. The predicted octanol–water partition coefficient (Wildman–Crippen LogP) is 4.33. The Morgan fingerprint density at radius 2 is 1.87 bits per heavy atom. The number of hydrogen-bond donors (Lipinski definition) is 1. The molecule has 31 heavy (non-hydrogen) atoms. The molecule has 4 rings (SSSR count). The quantitative estimate of drug-likeness (QED) is 0.669. The Bertz CT molecular complexity index is 1150. The van der Waals surface area contributed by atoms with Crippen molar-refractivity contribution in [3.05, 3.63) is 53.7 Å². The van der Waals surface area contributed by atoms with Gasteiger partial charge in [-0.05, 0) is 36.8 Å². The lowest BCUT2D eigenvalue weighted by Gasteiger charge is -2.30. The fourth-order valence-corrected chi connectivity index (χ4v) is 4.13. The van der Waals surface area contributed by atoms with Gasteiger partial charge in [0.2, 0.25) is 11.8 Å². The van der Waals surface area contributed by atoms with Crippen LogP contribution >= 0.6 is 0 Å². The molecule has 160 valence electrons. The van der Waals surface area contributed by atoms with Gasteiger partial charge in [0.05, 0.1) is 25.0 Å². The number of benzene rings is 2. The van der Waals surface area contributed by atoms with Crippen LogP contribution in [-0.4, -0.2) is 28.7 Å². The Morgan fingerprint density at radius 3 is 2.48 bits per heavy atom. The highest BCUT2D eigenvalue weighted by molar-refractivity contribution is 6.00. The van der Waals surface area contributed by atoms with Gasteiger partial charge in [-0.25, -0.2) is 4.68 Å². The molecule has 1 aliphatic rings. The van der Waals surface area contributed by atoms with Crippen molar-refractivity contribution in [2.24, 2.45) is 0 Å². The summed E-state index contributed by atoms with van der Waals surface area (Å²) in [4.78, 5) is 25.6. The van der Waals surface area contributed by atoms with Crippen molar-refractivity contribution in [2.45, 2.75) is 40.2 Å². The van der Waals surface area contributed by atoms with E-state index in [9.17, 15) is 9.59 Å². The van der Waals surface area contributed by atoms with E-state index in [1.54, 1.807) is 18.9 Å². The van der Waals surface area contributed by atoms with Crippen LogP contribution in [0.15, 0.2) is 42.5 Å². The minimum Gasteiger partial charge on any atom is -0.495 e.